The van der Waals surface area contributed by atoms with E-state index in [1.54, 1.807) is 24.5 Å². The van der Waals surface area contributed by atoms with E-state index in [0.29, 0.717) is 16.3 Å². The van der Waals surface area contributed by atoms with E-state index < -0.39 is 0 Å². The first-order valence-corrected chi connectivity index (χ1v) is 7.28. The highest BCUT2D eigenvalue weighted by Crippen LogP contribution is 2.19. The molecule has 2 aromatic heterocycles. The van der Waals surface area contributed by atoms with E-state index in [-0.39, 0.29) is 5.91 Å². The highest BCUT2D eigenvalue weighted by Gasteiger charge is 2.11. The van der Waals surface area contributed by atoms with E-state index in [1.807, 2.05) is 37.4 Å². The lowest BCUT2D eigenvalue weighted by Gasteiger charge is -2.12. The number of nitrogens with one attached hydrogen (secondary N) is 1. The van der Waals surface area contributed by atoms with Crippen molar-refractivity contribution >= 4 is 29.2 Å². The number of carbonyl (C=O) groups excluding carboxylic acids is 1. The number of rotatable bonds is 4. The van der Waals surface area contributed by atoms with Gasteiger partial charge in [0.1, 0.15) is 10.8 Å². The molecular formula is C14H16N4OS. The molecule has 0 saturated heterocycles. The van der Waals surface area contributed by atoms with Crippen LogP contribution in [0.3, 0.4) is 0 Å². The van der Waals surface area contributed by atoms with Gasteiger partial charge in [-0.3, -0.25) is 4.79 Å². The molecule has 1 amide bonds. The summed E-state index contributed by atoms with van der Waals surface area (Å²) in [4.78, 5) is 22.5. The van der Waals surface area contributed by atoms with Crippen LogP contribution in [0.1, 0.15) is 10.4 Å². The molecule has 0 fully saturated rings. The van der Waals surface area contributed by atoms with Crippen molar-refractivity contribution in [3.8, 4) is 0 Å². The summed E-state index contributed by atoms with van der Waals surface area (Å²) in [5.41, 5.74) is 1.23. The van der Waals surface area contributed by atoms with E-state index in [2.05, 4.69) is 15.3 Å². The third-order valence-electron chi connectivity index (χ3n) is 2.67. The summed E-state index contributed by atoms with van der Waals surface area (Å²) in [7, 11) is 3.84. The number of pyridine rings is 2. The fourth-order valence-electron chi connectivity index (χ4n) is 1.65. The quantitative estimate of drug-likeness (QED) is 0.876. The zero-order valence-corrected chi connectivity index (χ0v) is 12.4. The molecule has 0 atom stereocenters. The first-order chi connectivity index (χ1) is 9.61. The number of aromatic nitrogens is 2. The molecule has 20 heavy (non-hydrogen) atoms. The first kappa shape index (κ1) is 14.3. The van der Waals surface area contributed by atoms with E-state index in [9.17, 15) is 4.79 Å². The molecule has 6 heteroatoms. The Morgan fingerprint density at radius 1 is 1.25 bits per heavy atom. The van der Waals surface area contributed by atoms with Gasteiger partial charge in [-0.05, 0) is 30.5 Å². The second-order valence-corrected chi connectivity index (χ2v) is 5.11. The molecule has 0 aliphatic rings. The molecule has 0 aromatic carbocycles. The van der Waals surface area contributed by atoms with Crippen LogP contribution in [0.2, 0.25) is 0 Å². The van der Waals surface area contributed by atoms with Gasteiger partial charge in [0.25, 0.3) is 5.91 Å². The van der Waals surface area contributed by atoms with Crippen molar-refractivity contribution in [2.75, 3.05) is 30.6 Å². The van der Waals surface area contributed by atoms with Crippen molar-refractivity contribution in [3.63, 3.8) is 0 Å². The Hall–Kier alpha value is -2.08. The Bertz CT molecular complexity index is 598. The number of hydrogen-bond acceptors (Lipinski definition) is 5. The highest BCUT2D eigenvalue weighted by molar-refractivity contribution is 7.98. The summed E-state index contributed by atoms with van der Waals surface area (Å²) in [6.45, 7) is 0. The van der Waals surface area contributed by atoms with E-state index >= 15 is 0 Å². The van der Waals surface area contributed by atoms with Gasteiger partial charge in [-0.2, -0.15) is 0 Å². The topological polar surface area (TPSA) is 58.1 Å². The maximum atomic E-state index is 12.2. The Morgan fingerprint density at radius 2 is 2.05 bits per heavy atom. The number of thioether (sulfide) groups is 1. The van der Waals surface area contributed by atoms with Crippen LogP contribution < -0.4 is 10.2 Å². The third kappa shape index (κ3) is 3.27. The molecule has 0 saturated carbocycles. The Balaban J connectivity index is 2.15. The van der Waals surface area contributed by atoms with Crippen molar-refractivity contribution in [3.05, 3.63) is 42.2 Å². The zero-order chi connectivity index (χ0) is 14.5. The summed E-state index contributed by atoms with van der Waals surface area (Å²) in [5.74, 6) is 0.663. The maximum Gasteiger partial charge on any atom is 0.258 e. The number of amides is 1. The fraction of sp³-hybridized carbons (Fsp3) is 0.214. The van der Waals surface area contributed by atoms with Gasteiger partial charge in [-0.25, -0.2) is 9.97 Å². The minimum atomic E-state index is -0.179. The van der Waals surface area contributed by atoms with Gasteiger partial charge in [0, 0.05) is 20.3 Å². The van der Waals surface area contributed by atoms with Gasteiger partial charge < -0.3 is 10.2 Å². The van der Waals surface area contributed by atoms with Crippen LogP contribution in [-0.2, 0) is 0 Å². The summed E-state index contributed by atoms with van der Waals surface area (Å²) in [5, 5.41) is 3.54. The predicted molar refractivity (Wildman–Crippen MR) is 82.5 cm³/mol. The van der Waals surface area contributed by atoms with Crippen LogP contribution >= 0.6 is 11.8 Å². The molecule has 0 bridgehead atoms. The first-order valence-electron chi connectivity index (χ1n) is 6.05. The second-order valence-electron chi connectivity index (χ2n) is 4.31. The lowest BCUT2D eigenvalue weighted by atomic mass is 10.2. The summed E-state index contributed by atoms with van der Waals surface area (Å²) in [6.07, 6.45) is 5.21. The Kier molecular flexibility index (Phi) is 4.57. The number of carbonyl (C=O) groups is 1. The average Bonchev–Trinajstić information content (AvgIpc) is 2.47. The molecule has 0 aliphatic heterocycles. The molecule has 0 radical (unpaired) electrons. The zero-order valence-electron chi connectivity index (χ0n) is 11.6. The van der Waals surface area contributed by atoms with Gasteiger partial charge in [0.05, 0.1) is 17.4 Å². The minimum absolute atomic E-state index is 0.179. The van der Waals surface area contributed by atoms with E-state index in [0.717, 1.165) is 5.82 Å². The third-order valence-corrected chi connectivity index (χ3v) is 3.39. The lowest BCUT2D eigenvalue weighted by Crippen LogP contribution is -2.14. The SMILES string of the molecule is CSc1ncccc1C(=O)Nc1ccc(N(C)C)nc1. The summed E-state index contributed by atoms with van der Waals surface area (Å²) >= 11 is 1.45. The van der Waals surface area contributed by atoms with Crippen LogP contribution in [0.25, 0.3) is 0 Å². The summed E-state index contributed by atoms with van der Waals surface area (Å²) < 4.78 is 0. The number of hydrogen-bond donors (Lipinski definition) is 1. The maximum absolute atomic E-state index is 12.2. The van der Waals surface area contributed by atoms with Crippen molar-refractivity contribution < 1.29 is 4.79 Å². The standard InChI is InChI=1S/C14H16N4OS/c1-18(2)12-7-6-10(9-16-12)17-13(19)11-5-4-8-15-14(11)20-3/h4-9H,1-3H3,(H,17,19). The largest absolute Gasteiger partial charge is 0.363 e. The Morgan fingerprint density at radius 3 is 2.65 bits per heavy atom. The minimum Gasteiger partial charge on any atom is -0.363 e. The van der Waals surface area contributed by atoms with Crippen LogP contribution in [0.4, 0.5) is 11.5 Å². The second kappa shape index (κ2) is 6.38. The molecular weight excluding hydrogens is 272 g/mol. The van der Waals surface area contributed by atoms with Crippen LogP contribution in [-0.4, -0.2) is 36.2 Å². The Labute approximate surface area is 122 Å². The van der Waals surface area contributed by atoms with E-state index in [4.69, 9.17) is 0 Å². The highest BCUT2D eigenvalue weighted by atomic mass is 32.2. The smallest absolute Gasteiger partial charge is 0.258 e. The lowest BCUT2D eigenvalue weighted by molar-refractivity contribution is 0.102. The molecule has 0 unspecified atom stereocenters. The number of nitrogens with zero attached hydrogens (tertiary/aromatic N) is 3. The van der Waals surface area contributed by atoms with Crippen molar-refractivity contribution in [2.45, 2.75) is 5.03 Å². The molecule has 1 N–H and O–H groups in total. The average molecular weight is 288 g/mol. The van der Waals surface area contributed by atoms with Crippen LogP contribution in [0.15, 0.2) is 41.7 Å². The van der Waals surface area contributed by atoms with E-state index in [1.165, 1.54) is 11.8 Å². The molecule has 0 spiro atoms. The van der Waals surface area contributed by atoms with Gasteiger partial charge in [-0.1, -0.05) is 0 Å². The van der Waals surface area contributed by atoms with Gasteiger partial charge in [0.15, 0.2) is 0 Å². The molecule has 5 nitrogen and oxygen atoms in total. The molecule has 2 aromatic rings. The fourth-order valence-corrected chi connectivity index (χ4v) is 2.20. The predicted octanol–water partition coefficient (Wildman–Crippen LogP) is 2.52. The van der Waals surface area contributed by atoms with Gasteiger partial charge in [-0.15, -0.1) is 11.8 Å². The van der Waals surface area contributed by atoms with Crippen molar-refractivity contribution in [1.82, 2.24) is 9.97 Å². The summed E-state index contributed by atoms with van der Waals surface area (Å²) in [6, 6.07) is 7.20. The normalized spacial score (nSPS) is 10.2. The van der Waals surface area contributed by atoms with Crippen LogP contribution in [0, 0.1) is 0 Å². The molecule has 0 aliphatic carbocycles. The van der Waals surface area contributed by atoms with Gasteiger partial charge >= 0.3 is 0 Å². The molecule has 2 rings (SSSR count). The molecule has 104 valence electrons. The monoisotopic (exact) mass is 288 g/mol. The van der Waals surface area contributed by atoms with Crippen molar-refractivity contribution in [2.24, 2.45) is 0 Å². The molecule has 2 heterocycles. The number of anilines is 2. The van der Waals surface area contributed by atoms with Gasteiger partial charge in [0.2, 0.25) is 0 Å². The van der Waals surface area contributed by atoms with Crippen molar-refractivity contribution in [1.29, 1.82) is 0 Å². The van der Waals surface area contributed by atoms with Crippen LogP contribution in [0.5, 0.6) is 0 Å².